The number of ether oxygens (including phenoxy) is 1. The van der Waals surface area contributed by atoms with E-state index in [1.807, 2.05) is 0 Å². The third kappa shape index (κ3) is 3.43. The molecule has 0 aliphatic carbocycles. The molecule has 1 N–H and O–H groups in total. The van der Waals surface area contributed by atoms with E-state index in [4.69, 9.17) is 21.4 Å². The number of hydrogen-bond donors (Lipinski definition) is 1. The SMILES string of the molecule is OCc1ccc(OCc2ccc(F)c(F)c2)c(Cl)c1. The van der Waals surface area contributed by atoms with Gasteiger partial charge in [0.25, 0.3) is 0 Å². The molecule has 0 aliphatic rings. The monoisotopic (exact) mass is 284 g/mol. The highest BCUT2D eigenvalue weighted by molar-refractivity contribution is 6.32. The van der Waals surface area contributed by atoms with E-state index in [9.17, 15) is 8.78 Å². The normalized spacial score (nSPS) is 10.5. The maximum absolute atomic E-state index is 13.0. The second-order valence-corrected chi connectivity index (χ2v) is 4.37. The second kappa shape index (κ2) is 5.99. The molecule has 5 heteroatoms. The third-order valence-corrected chi connectivity index (χ3v) is 2.85. The van der Waals surface area contributed by atoms with Gasteiger partial charge in [0.05, 0.1) is 11.6 Å². The van der Waals surface area contributed by atoms with Gasteiger partial charge in [0.15, 0.2) is 11.6 Å². The van der Waals surface area contributed by atoms with Gasteiger partial charge in [-0.2, -0.15) is 0 Å². The van der Waals surface area contributed by atoms with Crippen LogP contribution in [0.5, 0.6) is 5.75 Å². The zero-order valence-corrected chi connectivity index (χ0v) is 10.6. The van der Waals surface area contributed by atoms with E-state index in [-0.39, 0.29) is 13.2 Å². The minimum Gasteiger partial charge on any atom is -0.487 e. The van der Waals surface area contributed by atoms with Crippen LogP contribution in [-0.2, 0) is 13.2 Å². The summed E-state index contributed by atoms with van der Waals surface area (Å²) in [6.07, 6.45) is 0. The Morgan fingerprint density at radius 3 is 2.37 bits per heavy atom. The minimum atomic E-state index is -0.914. The van der Waals surface area contributed by atoms with Gasteiger partial charge in [-0.05, 0) is 35.4 Å². The fraction of sp³-hybridized carbons (Fsp3) is 0.143. The molecule has 2 aromatic rings. The van der Waals surface area contributed by atoms with E-state index in [1.54, 1.807) is 18.2 Å². The summed E-state index contributed by atoms with van der Waals surface area (Å²) in [6, 6.07) is 8.44. The molecular weight excluding hydrogens is 274 g/mol. The summed E-state index contributed by atoms with van der Waals surface area (Å²) in [4.78, 5) is 0. The van der Waals surface area contributed by atoms with Crippen LogP contribution in [0.2, 0.25) is 5.02 Å². The van der Waals surface area contributed by atoms with Crippen LogP contribution in [0.15, 0.2) is 36.4 Å². The summed E-state index contributed by atoms with van der Waals surface area (Å²) in [5.41, 5.74) is 1.17. The van der Waals surface area contributed by atoms with Crippen molar-refractivity contribution >= 4 is 11.6 Å². The molecule has 2 aromatic carbocycles. The van der Waals surface area contributed by atoms with Crippen LogP contribution in [0.1, 0.15) is 11.1 Å². The van der Waals surface area contributed by atoms with Crippen molar-refractivity contribution in [1.29, 1.82) is 0 Å². The predicted octanol–water partition coefficient (Wildman–Crippen LogP) is 3.69. The number of halogens is 3. The number of benzene rings is 2. The van der Waals surface area contributed by atoms with Crippen LogP contribution in [0.4, 0.5) is 8.78 Å². The van der Waals surface area contributed by atoms with Gasteiger partial charge in [0.1, 0.15) is 12.4 Å². The number of aliphatic hydroxyl groups is 1. The fourth-order valence-electron chi connectivity index (χ4n) is 1.55. The Balaban J connectivity index is 2.07. The fourth-order valence-corrected chi connectivity index (χ4v) is 1.81. The zero-order chi connectivity index (χ0) is 13.8. The Morgan fingerprint density at radius 2 is 1.74 bits per heavy atom. The molecule has 0 atom stereocenters. The first-order chi connectivity index (χ1) is 9.10. The van der Waals surface area contributed by atoms with Gasteiger partial charge in [0, 0.05) is 0 Å². The standard InChI is InChI=1S/C14H11ClF2O2/c15-11-5-9(7-18)2-4-14(11)19-8-10-1-3-12(16)13(17)6-10/h1-6,18H,7-8H2. The number of hydrogen-bond acceptors (Lipinski definition) is 2. The molecule has 0 saturated heterocycles. The lowest BCUT2D eigenvalue weighted by Crippen LogP contribution is -1.98. The summed E-state index contributed by atoms with van der Waals surface area (Å²) >= 11 is 5.96. The van der Waals surface area contributed by atoms with Crippen molar-refractivity contribution in [2.75, 3.05) is 0 Å². The smallest absolute Gasteiger partial charge is 0.159 e. The molecule has 0 unspecified atom stereocenters. The summed E-state index contributed by atoms with van der Waals surface area (Å²) < 4.78 is 31.2. The molecular formula is C14H11ClF2O2. The first-order valence-electron chi connectivity index (χ1n) is 5.56. The molecule has 0 saturated carbocycles. The summed E-state index contributed by atoms with van der Waals surface area (Å²) in [5, 5.41) is 9.30. The summed E-state index contributed by atoms with van der Waals surface area (Å²) in [7, 11) is 0. The van der Waals surface area contributed by atoms with Crippen molar-refractivity contribution in [3.8, 4) is 5.75 Å². The molecule has 0 fully saturated rings. The molecule has 2 nitrogen and oxygen atoms in total. The Labute approximate surface area is 114 Å². The predicted molar refractivity (Wildman–Crippen MR) is 68.1 cm³/mol. The molecule has 0 aliphatic heterocycles. The maximum atomic E-state index is 13.0. The number of rotatable bonds is 4. The summed E-state index contributed by atoms with van der Waals surface area (Å²) in [6.45, 7) is -0.0292. The van der Waals surface area contributed by atoms with Crippen molar-refractivity contribution in [2.24, 2.45) is 0 Å². The van der Waals surface area contributed by atoms with Gasteiger partial charge >= 0.3 is 0 Å². The Hall–Kier alpha value is -1.65. The molecule has 100 valence electrons. The molecule has 19 heavy (non-hydrogen) atoms. The van der Waals surface area contributed by atoms with E-state index in [2.05, 4.69) is 0 Å². The van der Waals surface area contributed by atoms with Gasteiger partial charge in [-0.3, -0.25) is 0 Å². The zero-order valence-electron chi connectivity index (χ0n) is 9.87. The average Bonchev–Trinajstić information content (AvgIpc) is 2.41. The van der Waals surface area contributed by atoms with Crippen LogP contribution < -0.4 is 4.74 Å². The average molecular weight is 285 g/mol. The summed E-state index contributed by atoms with van der Waals surface area (Å²) in [5.74, 6) is -1.39. The lowest BCUT2D eigenvalue weighted by Gasteiger charge is -2.09. The second-order valence-electron chi connectivity index (χ2n) is 3.96. The molecule has 0 bridgehead atoms. The quantitative estimate of drug-likeness (QED) is 0.928. The van der Waals surface area contributed by atoms with E-state index in [0.717, 1.165) is 12.1 Å². The minimum absolute atomic E-state index is 0.0788. The van der Waals surface area contributed by atoms with E-state index >= 15 is 0 Å². The topological polar surface area (TPSA) is 29.5 Å². The lowest BCUT2D eigenvalue weighted by molar-refractivity contribution is 0.280. The molecule has 0 heterocycles. The van der Waals surface area contributed by atoms with Crippen molar-refractivity contribution in [1.82, 2.24) is 0 Å². The van der Waals surface area contributed by atoms with Gasteiger partial charge in [-0.25, -0.2) is 8.78 Å². The van der Waals surface area contributed by atoms with Crippen LogP contribution in [-0.4, -0.2) is 5.11 Å². The molecule has 0 amide bonds. The highest BCUT2D eigenvalue weighted by atomic mass is 35.5. The van der Waals surface area contributed by atoms with E-state index < -0.39 is 11.6 Å². The third-order valence-electron chi connectivity index (χ3n) is 2.56. The highest BCUT2D eigenvalue weighted by Crippen LogP contribution is 2.26. The first-order valence-corrected chi connectivity index (χ1v) is 5.94. The van der Waals surface area contributed by atoms with Crippen molar-refractivity contribution in [2.45, 2.75) is 13.2 Å². The maximum Gasteiger partial charge on any atom is 0.159 e. The van der Waals surface area contributed by atoms with Crippen molar-refractivity contribution < 1.29 is 18.6 Å². The highest BCUT2D eigenvalue weighted by Gasteiger charge is 2.06. The first kappa shape index (κ1) is 13.8. The van der Waals surface area contributed by atoms with Crippen LogP contribution in [0.3, 0.4) is 0 Å². The van der Waals surface area contributed by atoms with Gasteiger partial charge in [-0.1, -0.05) is 23.7 Å². The Kier molecular flexibility index (Phi) is 4.35. The van der Waals surface area contributed by atoms with Crippen molar-refractivity contribution in [3.63, 3.8) is 0 Å². The van der Waals surface area contributed by atoms with Gasteiger partial charge < -0.3 is 9.84 Å². The van der Waals surface area contributed by atoms with E-state index in [1.165, 1.54) is 6.07 Å². The van der Waals surface area contributed by atoms with Crippen molar-refractivity contribution in [3.05, 3.63) is 64.2 Å². The Bertz CT molecular complexity index is 588. The van der Waals surface area contributed by atoms with Crippen LogP contribution >= 0.6 is 11.6 Å². The molecule has 2 rings (SSSR count). The van der Waals surface area contributed by atoms with E-state index in [0.29, 0.717) is 21.9 Å². The van der Waals surface area contributed by atoms with Crippen LogP contribution in [0.25, 0.3) is 0 Å². The number of aliphatic hydroxyl groups excluding tert-OH is 1. The largest absolute Gasteiger partial charge is 0.487 e. The molecule has 0 spiro atoms. The lowest BCUT2D eigenvalue weighted by atomic mass is 10.2. The Morgan fingerprint density at radius 1 is 1.00 bits per heavy atom. The molecule has 0 radical (unpaired) electrons. The van der Waals surface area contributed by atoms with Crippen LogP contribution in [0, 0.1) is 11.6 Å². The molecule has 0 aromatic heterocycles. The van der Waals surface area contributed by atoms with Gasteiger partial charge in [0.2, 0.25) is 0 Å². The van der Waals surface area contributed by atoms with Gasteiger partial charge in [-0.15, -0.1) is 0 Å².